The maximum Gasteiger partial charge on any atom is 0.209 e. The van der Waals surface area contributed by atoms with E-state index in [4.69, 9.17) is 4.74 Å². The third-order valence-corrected chi connectivity index (χ3v) is 2.69. The molecule has 1 fully saturated rings. The fourth-order valence-corrected chi connectivity index (χ4v) is 1.92. The van der Waals surface area contributed by atoms with E-state index in [1.165, 1.54) is 0 Å². The summed E-state index contributed by atoms with van der Waals surface area (Å²) in [5.74, 6) is 0. The molecule has 3 nitrogen and oxygen atoms in total. The molecule has 1 unspecified atom stereocenters. The van der Waals surface area contributed by atoms with Gasteiger partial charge in [0.15, 0.2) is 0 Å². The van der Waals surface area contributed by atoms with Gasteiger partial charge in [-0.1, -0.05) is 12.2 Å². The molecule has 0 aromatic heterocycles. The van der Waals surface area contributed by atoms with Crippen LogP contribution in [0.3, 0.4) is 0 Å². The lowest BCUT2D eigenvalue weighted by Gasteiger charge is -2.40. The van der Waals surface area contributed by atoms with Gasteiger partial charge in [-0.25, -0.2) is 0 Å². The molecule has 1 saturated heterocycles. The minimum absolute atomic E-state index is 0. The third kappa shape index (κ3) is 2.61. The zero-order chi connectivity index (χ0) is 10.8. The van der Waals surface area contributed by atoms with E-state index in [0.717, 1.165) is 0 Å². The normalized spacial score (nSPS) is 26.7. The highest BCUT2D eigenvalue weighted by Gasteiger charge is 2.50. The molecule has 0 aliphatic carbocycles. The lowest BCUT2D eigenvalue weighted by atomic mass is 10.0. The van der Waals surface area contributed by atoms with Gasteiger partial charge in [0.25, 0.3) is 0 Å². The van der Waals surface area contributed by atoms with Crippen LogP contribution in [0.5, 0.6) is 0 Å². The van der Waals surface area contributed by atoms with Crippen molar-refractivity contribution in [1.82, 2.24) is 0 Å². The van der Waals surface area contributed by atoms with Crippen molar-refractivity contribution in [1.29, 1.82) is 0 Å². The van der Waals surface area contributed by atoms with Crippen molar-refractivity contribution in [2.24, 2.45) is 0 Å². The van der Waals surface area contributed by atoms with E-state index in [0.29, 0.717) is 19.4 Å². The number of hydrogen-bond acceptors (Lipinski definition) is 2. The summed E-state index contributed by atoms with van der Waals surface area (Å²) in [5.41, 5.74) is -1.06. The number of hydrogen-bond donors (Lipinski definition) is 1. The first kappa shape index (κ1) is 14.6. The summed E-state index contributed by atoms with van der Waals surface area (Å²) in [6, 6.07) is 0. The molecule has 1 aliphatic rings. The Morgan fingerprint density at radius 1 is 1.33 bits per heavy atom. The van der Waals surface area contributed by atoms with Gasteiger partial charge >= 0.3 is 0 Å². The Morgan fingerprint density at radius 2 is 1.80 bits per heavy atom. The van der Waals surface area contributed by atoms with E-state index in [9.17, 15) is 5.21 Å². The quantitative estimate of drug-likeness (QED) is 0.451. The summed E-state index contributed by atoms with van der Waals surface area (Å²) in [6.07, 6.45) is 4.62. The second-order valence-electron chi connectivity index (χ2n) is 4.48. The molecular formula is C11H19ClNO2-. The van der Waals surface area contributed by atoms with Crippen molar-refractivity contribution < 1.29 is 22.2 Å². The smallest absolute Gasteiger partial charge is 0.209 e. The Morgan fingerprint density at radius 3 is 2.07 bits per heavy atom. The Bertz CT molecular complexity index is 231. The Balaban J connectivity index is 0.00000196. The predicted octanol–water partition coefficient (Wildman–Crippen LogP) is -1.97. The first-order chi connectivity index (χ1) is 6.48. The Kier molecular flexibility index (Phi) is 5.00. The maximum atomic E-state index is 12.1. The standard InChI is InChI=1S/C11H19NO2.ClH/c1-5-7-11(8-6-2)12(13)10(3,4)9-14-11;/h5-6,12H,1-2,7-9H2,3-4H3;1H/p-1. The second kappa shape index (κ2) is 5.12. The fourth-order valence-electron chi connectivity index (χ4n) is 1.92. The topological polar surface area (TPSA) is 36.7 Å². The molecule has 88 valence electrons. The third-order valence-electron chi connectivity index (χ3n) is 2.69. The van der Waals surface area contributed by atoms with Crippen molar-refractivity contribution in [2.45, 2.75) is 38.0 Å². The Hall–Kier alpha value is -0.350. The molecule has 1 atom stereocenters. The van der Waals surface area contributed by atoms with Crippen LogP contribution in [-0.4, -0.2) is 17.9 Å². The number of nitrogens with one attached hydrogen (secondary N) is 1. The molecule has 1 aliphatic heterocycles. The largest absolute Gasteiger partial charge is 1.00 e. The molecule has 1 N–H and O–H groups in total. The number of quaternary nitrogens is 1. The molecule has 0 amide bonds. The molecule has 0 bridgehead atoms. The number of rotatable bonds is 4. The van der Waals surface area contributed by atoms with Gasteiger partial charge in [0.05, 0.1) is 0 Å². The summed E-state index contributed by atoms with van der Waals surface area (Å²) in [4.78, 5) is 0. The van der Waals surface area contributed by atoms with Crippen LogP contribution >= 0.6 is 0 Å². The molecule has 0 radical (unpaired) electrons. The number of hydroxylamine groups is 2. The van der Waals surface area contributed by atoms with Crippen LogP contribution in [0, 0.1) is 5.21 Å². The van der Waals surface area contributed by atoms with E-state index in [1.807, 2.05) is 13.8 Å². The van der Waals surface area contributed by atoms with Crippen LogP contribution in [0.4, 0.5) is 0 Å². The van der Waals surface area contributed by atoms with Gasteiger partial charge in [0.2, 0.25) is 5.72 Å². The van der Waals surface area contributed by atoms with Gasteiger partial charge in [-0.05, 0) is 13.8 Å². The van der Waals surface area contributed by atoms with Crippen LogP contribution < -0.4 is 17.5 Å². The monoisotopic (exact) mass is 232 g/mol. The highest BCUT2D eigenvalue weighted by molar-refractivity contribution is 4.91. The lowest BCUT2D eigenvalue weighted by Crippen LogP contribution is -3.20. The van der Waals surface area contributed by atoms with Crippen LogP contribution in [0.25, 0.3) is 0 Å². The molecular weight excluding hydrogens is 214 g/mol. The summed E-state index contributed by atoms with van der Waals surface area (Å²) in [6.45, 7) is 11.7. The highest BCUT2D eigenvalue weighted by atomic mass is 35.5. The van der Waals surface area contributed by atoms with Crippen molar-refractivity contribution in [2.75, 3.05) is 6.61 Å². The number of ether oxygens (including phenoxy) is 1. The minimum atomic E-state index is -0.687. The molecule has 4 heteroatoms. The van der Waals surface area contributed by atoms with Gasteiger partial charge in [-0.3, -0.25) is 0 Å². The zero-order valence-electron chi connectivity index (χ0n) is 9.38. The molecule has 1 rings (SSSR count). The second-order valence-corrected chi connectivity index (χ2v) is 4.48. The molecule has 0 aromatic rings. The molecule has 1 heterocycles. The zero-order valence-corrected chi connectivity index (χ0v) is 10.1. The van der Waals surface area contributed by atoms with Crippen LogP contribution in [0.1, 0.15) is 26.7 Å². The summed E-state index contributed by atoms with van der Waals surface area (Å²) >= 11 is 0. The van der Waals surface area contributed by atoms with E-state index in [-0.39, 0.29) is 23.0 Å². The van der Waals surface area contributed by atoms with E-state index < -0.39 is 5.72 Å². The molecule has 0 saturated carbocycles. The Labute approximate surface area is 97.8 Å². The van der Waals surface area contributed by atoms with E-state index >= 15 is 0 Å². The molecule has 0 aromatic carbocycles. The van der Waals surface area contributed by atoms with Gasteiger partial charge in [-0.15, -0.1) is 13.2 Å². The van der Waals surface area contributed by atoms with E-state index in [2.05, 4.69) is 13.2 Å². The van der Waals surface area contributed by atoms with Crippen LogP contribution in [0.15, 0.2) is 25.3 Å². The van der Waals surface area contributed by atoms with Gasteiger partial charge in [0.1, 0.15) is 12.1 Å². The average molecular weight is 233 g/mol. The fraction of sp³-hybridized carbons (Fsp3) is 0.636. The predicted molar refractivity (Wildman–Crippen MR) is 56.7 cm³/mol. The van der Waals surface area contributed by atoms with E-state index in [1.54, 1.807) is 12.2 Å². The first-order valence-electron chi connectivity index (χ1n) is 4.89. The highest BCUT2D eigenvalue weighted by Crippen LogP contribution is 2.24. The minimum Gasteiger partial charge on any atom is -1.00 e. The average Bonchev–Trinajstić information content (AvgIpc) is 2.32. The van der Waals surface area contributed by atoms with Crippen molar-refractivity contribution >= 4 is 0 Å². The molecule has 0 spiro atoms. The summed E-state index contributed by atoms with van der Waals surface area (Å²) < 4.78 is 5.66. The maximum absolute atomic E-state index is 12.1. The van der Waals surface area contributed by atoms with Crippen molar-refractivity contribution in [3.8, 4) is 0 Å². The number of halogens is 1. The summed E-state index contributed by atoms with van der Waals surface area (Å²) in [7, 11) is 0. The van der Waals surface area contributed by atoms with Crippen molar-refractivity contribution in [3.05, 3.63) is 30.5 Å². The van der Waals surface area contributed by atoms with Crippen molar-refractivity contribution in [3.63, 3.8) is 0 Å². The SMILES string of the molecule is C=CCC1(CC=C)OCC(C)(C)[NH+]1[O-].[Cl-]. The van der Waals surface area contributed by atoms with Gasteiger partial charge in [-0.2, -0.15) is 0 Å². The van der Waals surface area contributed by atoms with Crippen LogP contribution in [0.2, 0.25) is 0 Å². The summed E-state index contributed by atoms with van der Waals surface area (Å²) in [5, 5.41) is 12.3. The molecule has 15 heavy (non-hydrogen) atoms. The lowest BCUT2D eigenvalue weighted by molar-refractivity contribution is -0.949. The van der Waals surface area contributed by atoms with Gasteiger partial charge in [0, 0.05) is 12.8 Å². The van der Waals surface area contributed by atoms with Crippen LogP contribution in [-0.2, 0) is 4.74 Å². The van der Waals surface area contributed by atoms with Gasteiger partial charge < -0.3 is 27.4 Å². The first-order valence-corrected chi connectivity index (χ1v) is 4.89.